The first-order valence-corrected chi connectivity index (χ1v) is 7.68. The number of aromatic nitrogens is 2. The molecule has 0 aliphatic heterocycles. The van der Waals surface area contributed by atoms with Gasteiger partial charge in [0.15, 0.2) is 5.82 Å². The van der Waals surface area contributed by atoms with E-state index in [-0.39, 0.29) is 11.4 Å². The predicted octanol–water partition coefficient (Wildman–Crippen LogP) is 3.24. The van der Waals surface area contributed by atoms with Crippen LogP contribution >= 0.6 is 0 Å². The van der Waals surface area contributed by atoms with Crippen LogP contribution in [0.2, 0.25) is 0 Å². The van der Waals surface area contributed by atoms with Crippen LogP contribution in [0.1, 0.15) is 21.5 Å². The second-order valence-electron chi connectivity index (χ2n) is 5.68. The number of hydrogen-bond acceptors (Lipinski definition) is 3. The number of rotatable bonds is 3. The lowest BCUT2D eigenvalue weighted by Gasteiger charge is -2.10. The van der Waals surface area contributed by atoms with E-state index in [0.29, 0.717) is 5.69 Å². The van der Waals surface area contributed by atoms with Gasteiger partial charge in [0.2, 0.25) is 0 Å². The van der Waals surface area contributed by atoms with Crippen LogP contribution in [-0.2, 0) is 0 Å². The Morgan fingerprint density at radius 3 is 2.48 bits per heavy atom. The van der Waals surface area contributed by atoms with E-state index < -0.39 is 17.3 Å². The molecule has 0 atom stereocenters. The molecule has 1 amide bonds. The Bertz CT molecular complexity index is 994. The van der Waals surface area contributed by atoms with Crippen molar-refractivity contribution in [2.24, 2.45) is 0 Å². The van der Waals surface area contributed by atoms with Crippen LogP contribution in [0.3, 0.4) is 0 Å². The second-order valence-corrected chi connectivity index (χ2v) is 5.68. The Morgan fingerprint density at radius 1 is 1.08 bits per heavy atom. The van der Waals surface area contributed by atoms with Crippen molar-refractivity contribution in [1.29, 1.82) is 0 Å². The van der Waals surface area contributed by atoms with E-state index in [2.05, 4.69) is 10.3 Å². The van der Waals surface area contributed by atoms with Gasteiger partial charge in [0.1, 0.15) is 5.82 Å². The number of halogens is 1. The summed E-state index contributed by atoms with van der Waals surface area (Å²) in [5, 5.41) is 2.48. The van der Waals surface area contributed by atoms with Crippen molar-refractivity contribution in [2.75, 3.05) is 5.32 Å². The van der Waals surface area contributed by atoms with Gasteiger partial charge < -0.3 is 5.32 Å². The summed E-state index contributed by atoms with van der Waals surface area (Å²) < 4.78 is 14.4. The summed E-state index contributed by atoms with van der Waals surface area (Å²) >= 11 is 0. The average molecular weight is 337 g/mol. The molecule has 0 bridgehead atoms. The molecule has 6 heteroatoms. The molecule has 0 aliphatic rings. The lowest BCUT2D eigenvalue weighted by Crippen LogP contribution is -2.26. The molecule has 0 unspecified atom stereocenters. The summed E-state index contributed by atoms with van der Waals surface area (Å²) in [6, 6.07) is 10.7. The molecule has 2 aromatic carbocycles. The minimum atomic E-state index is -0.526. The van der Waals surface area contributed by atoms with E-state index in [1.165, 1.54) is 35.0 Å². The molecule has 0 spiro atoms. The second kappa shape index (κ2) is 6.68. The lowest BCUT2D eigenvalue weighted by atomic mass is 10.1. The molecule has 126 valence electrons. The van der Waals surface area contributed by atoms with E-state index in [1.807, 2.05) is 32.0 Å². The molecule has 1 N–H and O–H groups in total. The SMILES string of the molecule is Cc1ccc(-n2ccnc(NC(=O)c3ccc(F)cc3)c2=O)cc1C. The molecule has 0 saturated carbocycles. The molecular formula is C19H16FN3O2. The maximum atomic E-state index is 12.9. The van der Waals surface area contributed by atoms with Crippen LogP contribution in [0, 0.1) is 19.7 Å². The Labute approximate surface area is 143 Å². The third-order valence-corrected chi connectivity index (χ3v) is 3.95. The minimum Gasteiger partial charge on any atom is -0.302 e. The van der Waals surface area contributed by atoms with Crippen LogP contribution in [0.4, 0.5) is 10.2 Å². The van der Waals surface area contributed by atoms with Crippen LogP contribution < -0.4 is 10.9 Å². The quantitative estimate of drug-likeness (QED) is 0.798. The van der Waals surface area contributed by atoms with Gasteiger partial charge in [0.05, 0.1) is 0 Å². The van der Waals surface area contributed by atoms with Crippen molar-refractivity contribution in [1.82, 2.24) is 9.55 Å². The largest absolute Gasteiger partial charge is 0.302 e. The van der Waals surface area contributed by atoms with Gasteiger partial charge in [-0.3, -0.25) is 14.2 Å². The van der Waals surface area contributed by atoms with E-state index in [1.54, 1.807) is 6.20 Å². The van der Waals surface area contributed by atoms with Crippen LogP contribution in [0.5, 0.6) is 0 Å². The van der Waals surface area contributed by atoms with Crippen molar-refractivity contribution in [3.63, 3.8) is 0 Å². The van der Waals surface area contributed by atoms with Gasteiger partial charge in [-0.15, -0.1) is 0 Å². The number of anilines is 1. The first-order valence-electron chi connectivity index (χ1n) is 7.68. The standard InChI is InChI=1S/C19H16FN3O2/c1-12-3-8-16(11-13(12)2)23-10-9-21-17(19(23)25)22-18(24)14-4-6-15(20)7-5-14/h3-11H,1-2H3,(H,21,22,24). The number of carbonyl (C=O) groups excluding carboxylic acids is 1. The summed E-state index contributed by atoms with van der Waals surface area (Å²) in [7, 11) is 0. The zero-order valence-electron chi connectivity index (χ0n) is 13.8. The van der Waals surface area contributed by atoms with Gasteiger partial charge in [-0.25, -0.2) is 9.37 Å². The number of hydrogen-bond donors (Lipinski definition) is 1. The van der Waals surface area contributed by atoms with Crippen molar-refractivity contribution in [3.05, 3.63) is 87.7 Å². The van der Waals surface area contributed by atoms with Crippen molar-refractivity contribution < 1.29 is 9.18 Å². The highest BCUT2D eigenvalue weighted by atomic mass is 19.1. The van der Waals surface area contributed by atoms with Crippen LogP contribution in [0.15, 0.2) is 59.7 Å². The fraction of sp³-hybridized carbons (Fsp3) is 0.105. The number of nitrogens with zero attached hydrogens (tertiary/aromatic N) is 2. The number of nitrogens with one attached hydrogen (secondary N) is 1. The molecule has 0 saturated heterocycles. The number of carbonyl (C=O) groups is 1. The van der Waals surface area contributed by atoms with Crippen molar-refractivity contribution >= 4 is 11.7 Å². The summed E-state index contributed by atoms with van der Waals surface area (Å²) in [6.45, 7) is 3.95. The van der Waals surface area contributed by atoms with Gasteiger partial charge in [0, 0.05) is 23.6 Å². The van der Waals surface area contributed by atoms with Gasteiger partial charge in [-0.05, 0) is 61.4 Å². The van der Waals surface area contributed by atoms with Gasteiger partial charge in [-0.2, -0.15) is 0 Å². The maximum Gasteiger partial charge on any atom is 0.298 e. The Balaban J connectivity index is 1.93. The summed E-state index contributed by atoms with van der Waals surface area (Å²) in [5.41, 5.74) is 2.66. The van der Waals surface area contributed by atoms with E-state index >= 15 is 0 Å². The number of benzene rings is 2. The highest BCUT2D eigenvalue weighted by Gasteiger charge is 2.12. The molecule has 1 aromatic heterocycles. The van der Waals surface area contributed by atoms with E-state index in [9.17, 15) is 14.0 Å². The fourth-order valence-corrected chi connectivity index (χ4v) is 2.36. The van der Waals surface area contributed by atoms with E-state index in [4.69, 9.17) is 0 Å². The Kier molecular flexibility index (Phi) is 4.43. The summed E-state index contributed by atoms with van der Waals surface area (Å²) in [5.74, 6) is -1.05. The zero-order chi connectivity index (χ0) is 18.0. The highest BCUT2D eigenvalue weighted by molar-refractivity contribution is 6.03. The molecule has 0 aliphatic carbocycles. The molecule has 5 nitrogen and oxygen atoms in total. The Hall–Kier alpha value is -3.28. The molecule has 0 radical (unpaired) electrons. The third kappa shape index (κ3) is 3.47. The molecule has 0 fully saturated rings. The average Bonchev–Trinajstić information content (AvgIpc) is 2.60. The minimum absolute atomic E-state index is 0.0879. The van der Waals surface area contributed by atoms with Crippen LogP contribution in [-0.4, -0.2) is 15.5 Å². The normalized spacial score (nSPS) is 10.5. The maximum absolute atomic E-state index is 12.9. The predicted molar refractivity (Wildman–Crippen MR) is 93.7 cm³/mol. The smallest absolute Gasteiger partial charge is 0.298 e. The first-order chi connectivity index (χ1) is 12.0. The number of amides is 1. The lowest BCUT2D eigenvalue weighted by molar-refractivity contribution is 0.102. The molecule has 1 heterocycles. The third-order valence-electron chi connectivity index (χ3n) is 3.95. The highest BCUT2D eigenvalue weighted by Crippen LogP contribution is 2.13. The molecular weight excluding hydrogens is 321 g/mol. The zero-order valence-corrected chi connectivity index (χ0v) is 13.8. The molecule has 25 heavy (non-hydrogen) atoms. The monoisotopic (exact) mass is 337 g/mol. The number of aryl methyl sites for hydroxylation is 2. The topological polar surface area (TPSA) is 64.0 Å². The van der Waals surface area contributed by atoms with Gasteiger partial charge >= 0.3 is 0 Å². The molecule has 3 aromatic rings. The summed E-state index contributed by atoms with van der Waals surface area (Å²) in [6.07, 6.45) is 2.98. The Morgan fingerprint density at radius 2 is 1.80 bits per heavy atom. The van der Waals surface area contributed by atoms with Crippen molar-refractivity contribution in [2.45, 2.75) is 13.8 Å². The van der Waals surface area contributed by atoms with Gasteiger partial charge in [-0.1, -0.05) is 6.07 Å². The first kappa shape index (κ1) is 16.6. The fourth-order valence-electron chi connectivity index (χ4n) is 2.36. The van der Waals surface area contributed by atoms with Crippen molar-refractivity contribution in [3.8, 4) is 5.69 Å². The summed E-state index contributed by atoms with van der Waals surface area (Å²) in [4.78, 5) is 28.8. The molecule has 3 rings (SSSR count). The van der Waals surface area contributed by atoms with Gasteiger partial charge in [0.25, 0.3) is 11.5 Å². The van der Waals surface area contributed by atoms with Crippen LogP contribution in [0.25, 0.3) is 5.69 Å². The van der Waals surface area contributed by atoms with E-state index in [0.717, 1.165) is 11.1 Å².